The number of carbonyl (C=O) groups is 2. The van der Waals surface area contributed by atoms with Gasteiger partial charge in [0.2, 0.25) is 5.91 Å². The zero-order chi connectivity index (χ0) is 19.6. The van der Waals surface area contributed by atoms with Crippen molar-refractivity contribution in [2.24, 2.45) is 11.8 Å². The van der Waals surface area contributed by atoms with Gasteiger partial charge in [-0.15, -0.1) is 0 Å². The van der Waals surface area contributed by atoms with Crippen LogP contribution in [0.4, 0.5) is 18.9 Å². The van der Waals surface area contributed by atoms with Gasteiger partial charge in [-0.05, 0) is 37.1 Å². The van der Waals surface area contributed by atoms with Crippen molar-refractivity contribution in [3.63, 3.8) is 0 Å². The maximum absolute atomic E-state index is 13.1. The number of allylic oxidation sites excluding steroid dienone is 2. The summed E-state index contributed by atoms with van der Waals surface area (Å²) in [4.78, 5) is 24.0. The van der Waals surface area contributed by atoms with Gasteiger partial charge in [0, 0.05) is 12.4 Å². The van der Waals surface area contributed by atoms with Crippen LogP contribution >= 0.6 is 0 Å². The van der Waals surface area contributed by atoms with Crippen LogP contribution in [-0.4, -0.2) is 26.8 Å². The number of carbonyl (C=O) groups excluding carboxylic acids is 1. The van der Waals surface area contributed by atoms with E-state index in [4.69, 9.17) is 0 Å². The number of nitrogens with one attached hydrogen (secondary N) is 1. The third-order valence-corrected chi connectivity index (χ3v) is 4.42. The fourth-order valence-corrected chi connectivity index (χ4v) is 3.03. The second kappa shape index (κ2) is 7.26. The number of nitrogens with zero attached hydrogens (tertiary/aromatic N) is 2. The Kier molecular flexibility index (Phi) is 5.02. The highest BCUT2D eigenvalue weighted by molar-refractivity contribution is 5.97. The standard InChI is InChI=1S/C18H16F3N3O3/c19-18(20,21)11-6-7-15(24-9-3-8-22-24)14(10-11)23-16(25)12-4-1-2-5-13(12)17(26)27/h1-3,6-10,12-13H,4-5H2,(H,23,25)(H,26,27). The molecule has 6 nitrogen and oxygen atoms in total. The molecule has 1 aromatic carbocycles. The highest BCUT2D eigenvalue weighted by Crippen LogP contribution is 2.34. The van der Waals surface area contributed by atoms with Crippen LogP contribution in [0.3, 0.4) is 0 Å². The maximum Gasteiger partial charge on any atom is 0.416 e. The molecule has 1 heterocycles. The van der Waals surface area contributed by atoms with Crippen LogP contribution in [0, 0.1) is 11.8 Å². The minimum atomic E-state index is -4.58. The fourth-order valence-electron chi connectivity index (χ4n) is 3.03. The summed E-state index contributed by atoms with van der Waals surface area (Å²) >= 11 is 0. The van der Waals surface area contributed by atoms with Crippen molar-refractivity contribution >= 4 is 17.6 Å². The highest BCUT2D eigenvalue weighted by Gasteiger charge is 2.35. The van der Waals surface area contributed by atoms with Crippen molar-refractivity contribution in [1.82, 2.24) is 9.78 Å². The SMILES string of the molecule is O=C(O)C1CC=CCC1C(=O)Nc1cc(C(F)(F)F)ccc1-n1cccn1. The minimum Gasteiger partial charge on any atom is -0.481 e. The number of aliphatic carboxylic acids is 1. The monoisotopic (exact) mass is 379 g/mol. The number of benzene rings is 1. The number of amides is 1. The molecule has 1 aromatic heterocycles. The summed E-state index contributed by atoms with van der Waals surface area (Å²) < 4.78 is 40.6. The zero-order valence-electron chi connectivity index (χ0n) is 14.0. The molecule has 1 aliphatic carbocycles. The van der Waals surface area contributed by atoms with Crippen LogP contribution in [0.2, 0.25) is 0 Å². The molecule has 0 fully saturated rings. The number of carboxylic acid groups (broad SMARTS) is 1. The summed E-state index contributed by atoms with van der Waals surface area (Å²) in [5.74, 6) is -3.54. The number of anilines is 1. The molecule has 2 N–H and O–H groups in total. The normalized spacial score (nSPS) is 19.7. The number of carboxylic acids is 1. The first-order valence-corrected chi connectivity index (χ1v) is 8.17. The summed E-state index contributed by atoms with van der Waals surface area (Å²) in [7, 11) is 0. The van der Waals surface area contributed by atoms with Gasteiger partial charge in [-0.3, -0.25) is 9.59 Å². The highest BCUT2D eigenvalue weighted by atomic mass is 19.4. The summed E-state index contributed by atoms with van der Waals surface area (Å²) in [6, 6.07) is 4.52. The zero-order valence-corrected chi connectivity index (χ0v) is 14.0. The van der Waals surface area contributed by atoms with Gasteiger partial charge < -0.3 is 10.4 Å². The third kappa shape index (κ3) is 4.02. The Labute approximate surface area is 152 Å². The van der Waals surface area contributed by atoms with Gasteiger partial charge in [0.05, 0.1) is 28.8 Å². The van der Waals surface area contributed by atoms with Gasteiger partial charge in [-0.2, -0.15) is 18.3 Å². The van der Waals surface area contributed by atoms with Crippen LogP contribution < -0.4 is 5.32 Å². The molecule has 3 rings (SSSR count). The van der Waals surface area contributed by atoms with E-state index in [-0.39, 0.29) is 24.2 Å². The smallest absolute Gasteiger partial charge is 0.416 e. The van der Waals surface area contributed by atoms with E-state index in [9.17, 15) is 27.9 Å². The van der Waals surface area contributed by atoms with Crippen LogP contribution in [0.1, 0.15) is 18.4 Å². The largest absolute Gasteiger partial charge is 0.481 e. The molecule has 27 heavy (non-hydrogen) atoms. The molecule has 2 atom stereocenters. The molecule has 142 valence electrons. The fraction of sp³-hybridized carbons (Fsp3) is 0.278. The van der Waals surface area contributed by atoms with Gasteiger partial charge in [-0.25, -0.2) is 4.68 Å². The molecule has 0 aliphatic heterocycles. The van der Waals surface area contributed by atoms with E-state index in [0.717, 1.165) is 12.1 Å². The van der Waals surface area contributed by atoms with Crippen molar-refractivity contribution < 1.29 is 27.9 Å². The quantitative estimate of drug-likeness (QED) is 0.797. The first-order chi connectivity index (χ1) is 12.8. The molecule has 1 amide bonds. The van der Waals surface area contributed by atoms with Crippen LogP contribution in [0.25, 0.3) is 5.69 Å². The summed E-state index contributed by atoms with van der Waals surface area (Å²) in [6.45, 7) is 0. The maximum atomic E-state index is 13.1. The minimum absolute atomic E-state index is 0.0859. The molecule has 1 aliphatic rings. The summed E-state index contributed by atoms with van der Waals surface area (Å²) in [5.41, 5.74) is -0.760. The topological polar surface area (TPSA) is 84.2 Å². The average molecular weight is 379 g/mol. The Hall–Kier alpha value is -3.10. The molecule has 2 aromatic rings. The van der Waals surface area contributed by atoms with E-state index < -0.39 is 35.5 Å². The lowest BCUT2D eigenvalue weighted by Crippen LogP contribution is -2.35. The number of hydrogen-bond acceptors (Lipinski definition) is 3. The number of alkyl halides is 3. The van der Waals surface area contributed by atoms with Gasteiger partial charge in [0.25, 0.3) is 0 Å². The first-order valence-electron chi connectivity index (χ1n) is 8.17. The molecule has 0 radical (unpaired) electrons. The Bertz CT molecular complexity index is 876. The van der Waals surface area contributed by atoms with Gasteiger partial charge in [0.1, 0.15) is 0 Å². The third-order valence-electron chi connectivity index (χ3n) is 4.42. The molecule has 9 heteroatoms. The second-order valence-electron chi connectivity index (χ2n) is 6.16. The lowest BCUT2D eigenvalue weighted by molar-refractivity contribution is -0.146. The molecule has 0 saturated carbocycles. The van der Waals surface area contributed by atoms with Gasteiger partial charge in [0.15, 0.2) is 0 Å². The van der Waals surface area contributed by atoms with Gasteiger partial charge in [-0.1, -0.05) is 12.2 Å². The number of aromatic nitrogens is 2. The molecular formula is C18H16F3N3O3. The number of halogens is 3. The van der Waals surface area contributed by atoms with Crippen molar-refractivity contribution in [2.45, 2.75) is 19.0 Å². The lowest BCUT2D eigenvalue weighted by atomic mass is 9.82. The van der Waals surface area contributed by atoms with E-state index in [0.29, 0.717) is 0 Å². The summed E-state index contributed by atoms with van der Waals surface area (Å²) in [6.07, 6.45) is 2.18. The first kappa shape index (κ1) is 18.7. The predicted octanol–water partition coefficient (Wildman–Crippen LogP) is 3.50. The average Bonchev–Trinajstić information content (AvgIpc) is 3.15. The van der Waals surface area contributed by atoms with Crippen molar-refractivity contribution in [3.05, 3.63) is 54.4 Å². The van der Waals surface area contributed by atoms with E-state index in [1.54, 1.807) is 18.2 Å². The Morgan fingerprint density at radius 1 is 1.19 bits per heavy atom. The van der Waals surface area contributed by atoms with Crippen molar-refractivity contribution in [1.29, 1.82) is 0 Å². The van der Waals surface area contributed by atoms with E-state index in [1.165, 1.54) is 23.1 Å². The molecule has 0 saturated heterocycles. The number of hydrogen-bond donors (Lipinski definition) is 2. The number of rotatable bonds is 4. The van der Waals surface area contributed by atoms with Crippen molar-refractivity contribution in [2.75, 3.05) is 5.32 Å². The lowest BCUT2D eigenvalue weighted by Gasteiger charge is -2.25. The van der Waals surface area contributed by atoms with E-state index >= 15 is 0 Å². The second-order valence-corrected chi connectivity index (χ2v) is 6.16. The predicted molar refractivity (Wildman–Crippen MR) is 90.2 cm³/mol. The summed E-state index contributed by atoms with van der Waals surface area (Å²) in [5, 5.41) is 15.8. The molecule has 2 unspecified atom stereocenters. The van der Waals surface area contributed by atoms with Crippen LogP contribution in [-0.2, 0) is 15.8 Å². The van der Waals surface area contributed by atoms with E-state index in [1.807, 2.05) is 0 Å². The van der Waals surface area contributed by atoms with Crippen LogP contribution in [0.5, 0.6) is 0 Å². The van der Waals surface area contributed by atoms with Crippen molar-refractivity contribution in [3.8, 4) is 5.69 Å². The molecular weight excluding hydrogens is 363 g/mol. The van der Waals surface area contributed by atoms with E-state index in [2.05, 4.69) is 10.4 Å². The Balaban J connectivity index is 1.95. The Morgan fingerprint density at radius 2 is 1.89 bits per heavy atom. The van der Waals surface area contributed by atoms with Gasteiger partial charge >= 0.3 is 12.1 Å². The Morgan fingerprint density at radius 3 is 2.48 bits per heavy atom. The molecule has 0 spiro atoms. The molecule has 0 bridgehead atoms. The van der Waals surface area contributed by atoms with Crippen LogP contribution in [0.15, 0.2) is 48.8 Å².